The van der Waals surface area contributed by atoms with E-state index >= 15 is 0 Å². The Morgan fingerprint density at radius 1 is 1.33 bits per heavy atom. The molecular weight excluding hydrogens is 313 g/mol. The zero-order valence-electron chi connectivity index (χ0n) is 12.8. The Balaban J connectivity index is 1.74. The first kappa shape index (κ1) is 14.9. The summed E-state index contributed by atoms with van der Waals surface area (Å²) in [4.78, 5) is 8.46. The number of nitrogens with zero attached hydrogens (tertiary/aromatic N) is 6. The molecule has 1 N–H and O–H groups in total. The molecule has 24 heavy (non-hydrogen) atoms. The molecule has 3 heterocycles. The fraction of sp³-hybridized carbons (Fsp3) is 0.333. The lowest BCUT2D eigenvalue weighted by Gasteiger charge is -2.23. The van der Waals surface area contributed by atoms with E-state index in [0.717, 1.165) is 6.54 Å². The Morgan fingerprint density at radius 3 is 3.00 bits per heavy atom. The van der Waals surface area contributed by atoms with E-state index in [1.165, 1.54) is 17.1 Å². The van der Waals surface area contributed by atoms with Crippen LogP contribution >= 0.6 is 0 Å². The smallest absolute Gasteiger partial charge is 0.172 e. The Morgan fingerprint density at radius 2 is 2.25 bits per heavy atom. The number of hydrogen-bond acceptors (Lipinski definition) is 6. The Hall–Kier alpha value is -2.65. The Kier molecular flexibility index (Phi) is 4.01. The van der Waals surface area contributed by atoms with Crippen LogP contribution in [0.2, 0.25) is 0 Å². The second kappa shape index (κ2) is 6.46. The highest BCUT2D eigenvalue weighted by Gasteiger charge is 2.25. The maximum absolute atomic E-state index is 14.2. The summed E-state index contributed by atoms with van der Waals surface area (Å²) in [7, 11) is 0. The van der Waals surface area contributed by atoms with Gasteiger partial charge in [-0.1, -0.05) is 12.1 Å². The van der Waals surface area contributed by atoms with Gasteiger partial charge >= 0.3 is 0 Å². The van der Waals surface area contributed by atoms with E-state index in [9.17, 15) is 4.39 Å². The zero-order chi connectivity index (χ0) is 16.4. The van der Waals surface area contributed by atoms with E-state index in [4.69, 9.17) is 4.74 Å². The lowest BCUT2D eigenvalue weighted by molar-refractivity contribution is 0.0207. The molecule has 4 rings (SSSR count). The molecule has 2 aromatic heterocycles. The second-order valence-electron chi connectivity index (χ2n) is 5.41. The van der Waals surface area contributed by atoms with E-state index in [1.54, 1.807) is 29.2 Å². The van der Waals surface area contributed by atoms with Crippen LogP contribution in [0, 0.1) is 5.82 Å². The molecule has 1 unspecified atom stereocenters. The number of halogens is 1. The van der Waals surface area contributed by atoms with E-state index in [1.807, 2.05) is 0 Å². The molecule has 3 aromatic rings. The summed E-state index contributed by atoms with van der Waals surface area (Å²) in [6, 6.07) is 6.48. The third-order valence-corrected chi connectivity index (χ3v) is 3.74. The van der Waals surface area contributed by atoms with Crippen LogP contribution in [0.25, 0.3) is 5.69 Å². The van der Waals surface area contributed by atoms with Crippen LogP contribution in [0.15, 0.2) is 36.9 Å². The molecule has 1 atom stereocenters. The maximum atomic E-state index is 14.2. The summed E-state index contributed by atoms with van der Waals surface area (Å²) >= 11 is 0. The van der Waals surface area contributed by atoms with Crippen molar-refractivity contribution in [2.75, 3.05) is 19.7 Å². The van der Waals surface area contributed by atoms with Gasteiger partial charge in [-0.2, -0.15) is 5.10 Å². The van der Waals surface area contributed by atoms with Crippen LogP contribution in [0.1, 0.15) is 17.8 Å². The van der Waals surface area contributed by atoms with Crippen molar-refractivity contribution in [2.45, 2.75) is 12.6 Å². The molecule has 9 heteroatoms. The molecule has 0 amide bonds. The largest absolute Gasteiger partial charge is 0.368 e. The van der Waals surface area contributed by atoms with E-state index in [2.05, 4.69) is 25.5 Å². The van der Waals surface area contributed by atoms with Crippen molar-refractivity contribution in [1.82, 2.24) is 34.8 Å². The van der Waals surface area contributed by atoms with Crippen molar-refractivity contribution >= 4 is 0 Å². The van der Waals surface area contributed by atoms with Gasteiger partial charge in [0.05, 0.1) is 6.61 Å². The second-order valence-corrected chi connectivity index (χ2v) is 5.41. The summed E-state index contributed by atoms with van der Waals surface area (Å²) in [5.41, 5.74) is 0.346. The lowest BCUT2D eigenvalue weighted by atomic mass is 10.2. The minimum atomic E-state index is -0.361. The Labute approximate surface area is 137 Å². The van der Waals surface area contributed by atoms with Gasteiger partial charge in [0.2, 0.25) is 0 Å². The monoisotopic (exact) mass is 329 g/mol. The molecule has 1 fully saturated rings. The predicted octanol–water partition coefficient (Wildman–Crippen LogP) is 0.707. The molecule has 0 spiro atoms. The quantitative estimate of drug-likeness (QED) is 0.759. The Bertz CT molecular complexity index is 811. The van der Waals surface area contributed by atoms with Crippen molar-refractivity contribution in [3.05, 3.63) is 54.4 Å². The molecule has 1 aromatic carbocycles. The van der Waals surface area contributed by atoms with E-state index < -0.39 is 0 Å². The van der Waals surface area contributed by atoms with Gasteiger partial charge in [0.25, 0.3) is 0 Å². The third-order valence-electron chi connectivity index (χ3n) is 3.74. The molecular formula is C15H16FN7O. The molecule has 1 aliphatic rings. The summed E-state index contributed by atoms with van der Waals surface area (Å²) < 4.78 is 23.1. The third kappa shape index (κ3) is 2.91. The number of ether oxygens (including phenoxy) is 1. The first-order valence-corrected chi connectivity index (χ1v) is 7.67. The average molecular weight is 329 g/mol. The average Bonchev–Trinajstić information content (AvgIpc) is 3.26. The lowest BCUT2D eigenvalue weighted by Crippen LogP contribution is -2.34. The van der Waals surface area contributed by atoms with Crippen molar-refractivity contribution in [2.24, 2.45) is 0 Å². The minimum Gasteiger partial charge on any atom is -0.368 e. The summed E-state index contributed by atoms with van der Waals surface area (Å²) in [6.45, 7) is 2.33. The SMILES string of the molecule is Fc1ccccc1-n1nc(Cn2cncn2)nc1C1CNCCO1. The van der Waals surface area contributed by atoms with E-state index in [0.29, 0.717) is 37.0 Å². The van der Waals surface area contributed by atoms with Gasteiger partial charge in [-0.25, -0.2) is 23.7 Å². The van der Waals surface area contributed by atoms with Gasteiger partial charge in [-0.05, 0) is 12.1 Å². The highest BCUT2D eigenvalue weighted by atomic mass is 19.1. The van der Waals surface area contributed by atoms with Gasteiger partial charge < -0.3 is 10.1 Å². The fourth-order valence-corrected chi connectivity index (χ4v) is 2.64. The number of rotatable bonds is 4. The first-order valence-electron chi connectivity index (χ1n) is 7.67. The summed E-state index contributed by atoms with van der Waals surface area (Å²) in [5.74, 6) is 0.732. The molecule has 0 radical (unpaired) electrons. The summed E-state index contributed by atoms with van der Waals surface area (Å²) in [6.07, 6.45) is 2.75. The molecule has 0 bridgehead atoms. The number of nitrogens with one attached hydrogen (secondary N) is 1. The van der Waals surface area contributed by atoms with Crippen LogP contribution in [-0.2, 0) is 11.3 Å². The van der Waals surface area contributed by atoms with Gasteiger partial charge in [-0.3, -0.25) is 0 Å². The number of aromatic nitrogens is 6. The minimum absolute atomic E-state index is 0.282. The van der Waals surface area contributed by atoms with Crippen molar-refractivity contribution in [3.8, 4) is 5.69 Å². The van der Waals surface area contributed by atoms with Crippen LogP contribution in [-0.4, -0.2) is 49.2 Å². The van der Waals surface area contributed by atoms with Crippen molar-refractivity contribution in [1.29, 1.82) is 0 Å². The predicted molar refractivity (Wildman–Crippen MR) is 82.0 cm³/mol. The van der Waals surface area contributed by atoms with Crippen LogP contribution in [0.5, 0.6) is 0 Å². The van der Waals surface area contributed by atoms with Gasteiger partial charge in [0, 0.05) is 13.1 Å². The highest BCUT2D eigenvalue weighted by molar-refractivity contribution is 5.33. The number of benzene rings is 1. The topological polar surface area (TPSA) is 82.7 Å². The first-order chi connectivity index (χ1) is 11.8. The number of morpholine rings is 1. The maximum Gasteiger partial charge on any atom is 0.172 e. The molecule has 0 saturated carbocycles. The molecule has 0 aliphatic carbocycles. The zero-order valence-corrected chi connectivity index (χ0v) is 12.8. The van der Waals surface area contributed by atoms with E-state index in [-0.39, 0.29) is 11.9 Å². The normalized spacial score (nSPS) is 18.0. The van der Waals surface area contributed by atoms with Crippen molar-refractivity contribution < 1.29 is 9.13 Å². The van der Waals surface area contributed by atoms with Crippen LogP contribution in [0.4, 0.5) is 4.39 Å². The molecule has 8 nitrogen and oxygen atoms in total. The molecule has 1 saturated heterocycles. The highest BCUT2D eigenvalue weighted by Crippen LogP contribution is 2.22. The van der Waals surface area contributed by atoms with Crippen LogP contribution in [0.3, 0.4) is 0 Å². The molecule has 124 valence electrons. The van der Waals surface area contributed by atoms with Gasteiger partial charge in [0.15, 0.2) is 11.6 Å². The number of hydrogen-bond donors (Lipinski definition) is 1. The standard InChI is InChI=1S/C15H16FN7O/c16-11-3-1-2-4-12(11)23-15(13-7-17-5-6-24-13)20-14(21-23)8-22-10-18-9-19-22/h1-4,9-10,13,17H,5-8H2. The fourth-order valence-electron chi connectivity index (χ4n) is 2.64. The van der Waals surface area contributed by atoms with Crippen LogP contribution < -0.4 is 5.32 Å². The number of para-hydroxylation sites is 1. The van der Waals surface area contributed by atoms with Crippen molar-refractivity contribution in [3.63, 3.8) is 0 Å². The molecule has 1 aliphatic heterocycles. The summed E-state index contributed by atoms with van der Waals surface area (Å²) in [5, 5.41) is 11.8. The van der Waals surface area contributed by atoms with Gasteiger partial charge in [0.1, 0.15) is 36.8 Å². The van der Waals surface area contributed by atoms with Gasteiger partial charge in [-0.15, -0.1) is 5.10 Å².